The second-order valence-corrected chi connectivity index (χ2v) is 9.58. The summed E-state index contributed by atoms with van der Waals surface area (Å²) >= 11 is 0. The van der Waals surface area contributed by atoms with E-state index in [4.69, 9.17) is 4.74 Å². The maximum absolute atomic E-state index is 12.7. The van der Waals surface area contributed by atoms with Gasteiger partial charge in [-0.1, -0.05) is 18.6 Å². The molecule has 1 aliphatic heterocycles. The first-order valence-corrected chi connectivity index (χ1v) is 8.97. The molecule has 4 heteroatoms. The van der Waals surface area contributed by atoms with E-state index in [-0.39, 0.29) is 10.8 Å². The minimum absolute atomic E-state index is 0.0451. The van der Waals surface area contributed by atoms with Crippen LogP contribution in [0.15, 0.2) is 12.2 Å². The Kier molecular flexibility index (Phi) is 2.76. The van der Waals surface area contributed by atoms with E-state index < -0.39 is 20.9 Å². The van der Waals surface area contributed by atoms with Crippen molar-refractivity contribution in [2.24, 2.45) is 10.8 Å². The van der Waals surface area contributed by atoms with Crippen molar-refractivity contribution in [3.63, 3.8) is 0 Å². The smallest absolute Gasteiger partial charge is 0.178 e. The number of hydrogen-bond acceptors (Lipinski definition) is 3. The van der Waals surface area contributed by atoms with Gasteiger partial charge in [-0.25, -0.2) is 8.42 Å². The first-order chi connectivity index (χ1) is 8.71. The van der Waals surface area contributed by atoms with Gasteiger partial charge in [-0.3, -0.25) is 0 Å². The summed E-state index contributed by atoms with van der Waals surface area (Å²) < 4.78 is 31.4. The van der Waals surface area contributed by atoms with Crippen LogP contribution >= 0.6 is 0 Å². The van der Waals surface area contributed by atoms with Crippen molar-refractivity contribution in [1.82, 2.24) is 0 Å². The molecule has 1 saturated carbocycles. The number of hydrogen-bond donors (Lipinski definition) is 0. The molecule has 3 atom stereocenters. The van der Waals surface area contributed by atoms with E-state index in [2.05, 4.69) is 12.2 Å². The molecule has 3 nitrogen and oxygen atoms in total. The molecule has 3 aliphatic rings. The van der Waals surface area contributed by atoms with Crippen molar-refractivity contribution in [3.8, 4) is 0 Å². The van der Waals surface area contributed by atoms with Crippen LogP contribution in [0, 0.1) is 10.8 Å². The van der Waals surface area contributed by atoms with E-state index in [9.17, 15) is 8.42 Å². The third-order valence-electron chi connectivity index (χ3n) is 5.21. The molecule has 0 aromatic rings. The van der Waals surface area contributed by atoms with Crippen LogP contribution in [-0.4, -0.2) is 25.2 Å². The minimum Gasteiger partial charge on any atom is -0.356 e. The number of ether oxygens (including phenoxy) is 1. The molecule has 0 N–H and O–H groups in total. The van der Waals surface area contributed by atoms with Crippen LogP contribution in [0.2, 0.25) is 0 Å². The monoisotopic (exact) mass is 284 g/mol. The Labute approximate surface area is 116 Å². The lowest BCUT2D eigenvalue weighted by Crippen LogP contribution is -2.46. The topological polar surface area (TPSA) is 43.4 Å². The maximum atomic E-state index is 12.7. The Bertz CT molecular complexity index is 514. The highest BCUT2D eigenvalue weighted by Crippen LogP contribution is 2.67. The molecule has 0 aromatic carbocycles. The molecule has 19 heavy (non-hydrogen) atoms. The fourth-order valence-corrected chi connectivity index (χ4v) is 7.59. The largest absolute Gasteiger partial charge is 0.356 e. The highest BCUT2D eigenvalue weighted by atomic mass is 32.2. The zero-order valence-electron chi connectivity index (χ0n) is 12.1. The minimum atomic E-state index is -3.14. The van der Waals surface area contributed by atoms with Gasteiger partial charge in [-0.05, 0) is 51.9 Å². The van der Waals surface area contributed by atoms with Crippen LogP contribution in [0.25, 0.3) is 0 Å². The summed E-state index contributed by atoms with van der Waals surface area (Å²) in [6.07, 6.45) is 9.31. The van der Waals surface area contributed by atoms with Crippen molar-refractivity contribution in [2.45, 2.75) is 63.9 Å². The lowest BCUT2D eigenvalue weighted by Gasteiger charge is -2.44. The molecule has 2 fully saturated rings. The Morgan fingerprint density at radius 2 is 1.84 bits per heavy atom. The van der Waals surface area contributed by atoms with Crippen molar-refractivity contribution in [1.29, 1.82) is 0 Å². The third-order valence-corrected chi connectivity index (χ3v) is 7.36. The highest BCUT2D eigenvalue weighted by molar-refractivity contribution is 7.92. The van der Waals surface area contributed by atoms with Gasteiger partial charge in [-0.15, -0.1) is 0 Å². The summed E-state index contributed by atoms with van der Waals surface area (Å²) in [5.41, 5.74) is -1.22. The van der Waals surface area contributed by atoms with Crippen LogP contribution in [0.3, 0.4) is 0 Å². The van der Waals surface area contributed by atoms with Crippen LogP contribution < -0.4 is 0 Å². The third kappa shape index (κ3) is 1.83. The van der Waals surface area contributed by atoms with Crippen molar-refractivity contribution in [3.05, 3.63) is 12.2 Å². The first-order valence-electron chi connectivity index (χ1n) is 7.25. The van der Waals surface area contributed by atoms with Gasteiger partial charge >= 0.3 is 0 Å². The van der Waals surface area contributed by atoms with Crippen LogP contribution in [0.1, 0.15) is 52.9 Å². The Balaban J connectivity index is 2.09. The molecule has 0 amide bonds. The molecule has 2 aliphatic carbocycles. The SMILES string of the molecule is CC(C)(C)O[C@H]1[C@]23CC=CC[C@]2(CCC3)CS1(=O)=O. The zero-order chi connectivity index (χ0) is 13.9. The molecule has 108 valence electrons. The molecular weight excluding hydrogens is 260 g/mol. The van der Waals surface area contributed by atoms with E-state index in [0.29, 0.717) is 5.75 Å². The summed E-state index contributed by atoms with van der Waals surface area (Å²) in [6, 6.07) is 0. The van der Waals surface area contributed by atoms with E-state index in [0.717, 1.165) is 32.1 Å². The van der Waals surface area contributed by atoms with Crippen molar-refractivity contribution < 1.29 is 13.2 Å². The quantitative estimate of drug-likeness (QED) is 0.695. The van der Waals surface area contributed by atoms with Crippen molar-refractivity contribution in [2.75, 3.05) is 5.75 Å². The van der Waals surface area contributed by atoms with E-state index in [1.165, 1.54) is 0 Å². The molecule has 3 rings (SSSR count). The molecule has 0 radical (unpaired) electrons. The van der Waals surface area contributed by atoms with E-state index >= 15 is 0 Å². The molecule has 0 spiro atoms. The average molecular weight is 284 g/mol. The fraction of sp³-hybridized carbons (Fsp3) is 0.867. The molecule has 0 aromatic heterocycles. The predicted octanol–water partition coefficient (Wildman–Crippen LogP) is 3.06. The van der Waals surface area contributed by atoms with Gasteiger partial charge in [0.2, 0.25) is 0 Å². The van der Waals surface area contributed by atoms with Gasteiger partial charge in [-0.2, -0.15) is 0 Å². The van der Waals surface area contributed by atoms with Crippen LogP contribution in [0.5, 0.6) is 0 Å². The molecule has 0 bridgehead atoms. The molecular formula is C15H24O3S. The maximum Gasteiger partial charge on any atom is 0.178 e. The predicted molar refractivity (Wildman–Crippen MR) is 75.5 cm³/mol. The normalized spacial score (nSPS) is 44.1. The van der Waals surface area contributed by atoms with E-state index in [1.807, 2.05) is 20.8 Å². The highest BCUT2D eigenvalue weighted by Gasteiger charge is 2.69. The van der Waals surface area contributed by atoms with Crippen LogP contribution in [0.4, 0.5) is 0 Å². The molecule has 1 heterocycles. The number of allylic oxidation sites excluding steroid dienone is 2. The number of rotatable bonds is 1. The lowest BCUT2D eigenvalue weighted by molar-refractivity contribution is -0.0984. The second-order valence-electron chi connectivity index (χ2n) is 7.54. The summed E-state index contributed by atoms with van der Waals surface area (Å²) in [5.74, 6) is 0.324. The standard InChI is InChI=1S/C15H24O3S/c1-13(2,3)18-12-15-9-5-4-7-14(15,8-6-10-15)11-19(12,16)17/h4-5,12H,6-11H2,1-3H3/t12-,14+,15-/m1/s1. The Morgan fingerprint density at radius 3 is 2.53 bits per heavy atom. The summed E-state index contributed by atoms with van der Waals surface area (Å²) in [4.78, 5) is 0. The fourth-order valence-electron chi connectivity index (χ4n) is 4.53. The zero-order valence-corrected chi connectivity index (χ0v) is 12.9. The van der Waals surface area contributed by atoms with Gasteiger partial charge in [0, 0.05) is 5.41 Å². The average Bonchev–Trinajstić information content (AvgIpc) is 2.70. The van der Waals surface area contributed by atoms with Gasteiger partial charge < -0.3 is 4.74 Å². The molecule has 1 saturated heterocycles. The first kappa shape index (κ1) is 13.6. The second kappa shape index (κ2) is 3.85. The van der Waals surface area contributed by atoms with Gasteiger partial charge in [0.25, 0.3) is 0 Å². The van der Waals surface area contributed by atoms with Crippen molar-refractivity contribution >= 4 is 9.84 Å². The van der Waals surface area contributed by atoms with Crippen LogP contribution in [-0.2, 0) is 14.6 Å². The number of sulfone groups is 1. The van der Waals surface area contributed by atoms with Gasteiger partial charge in [0.05, 0.1) is 11.4 Å². The Hall–Kier alpha value is -0.350. The summed E-state index contributed by atoms with van der Waals surface area (Å²) in [7, 11) is -3.14. The van der Waals surface area contributed by atoms with Gasteiger partial charge in [0.1, 0.15) is 0 Å². The van der Waals surface area contributed by atoms with Gasteiger partial charge in [0.15, 0.2) is 15.3 Å². The van der Waals surface area contributed by atoms with E-state index in [1.54, 1.807) is 0 Å². The molecule has 0 unspecified atom stereocenters. The summed E-state index contributed by atoms with van der Waals surface area (Å²) in [6.45, 7) is 5.85. The Morgan fingerprint density at radius 1 is 1.16 bits per heavy atom. The lowest BCUT2D eigenvalue weighted by atomic mass is 9.61. The summed E-state index contributed by atoms with van der Waals surface area (Å²) in [5, 5.41) is 0.